The number of rotatable bonds is 7. The largest absolute Gasteiger partial charge is 0.446 e. The van der Waals surface area contributed by atoms with Crippen LogP contribution in [0, 0.1) is 6.92 Å². The predicted octanol–water partition coefficient (Wildman–Crippen LogP) is 4.71. The summed E-state index contributed by atoms with van der Waals surface area (Å²) in [5.41, 5.74) is -3.47. The first-order valence-corrected chi connectivity index (χ1v) is 13.1. The Morgan fingerprint density at radius 2 is 1.74 bits per heavy atom. The van der Waals surface area contributed by atoms with Gasteiger partial charge in [0.1, 0.15) is 5.01 Å². The SMILES string of the molecule is C.Cc1nnc(N2CCN(CCC(=O)N3CCC(Nc4ccc(SC(F)(F)F)cc4)CC3)CC2)s1. The summed E-state index contributed by atoms with van der Waals surface area (Å²) in [6, 6.07) is 6.53. The molecule has 194 valence electrons. The fraction of sp³-hybridized carbons (Fsp3) is 0.609. The van der Waals surface area contributed by atoms with Crippen LogP contribution in [-0.2, 0) is 4.79 Å². The summed E-state index contributed by atoms with van der Waals surface area (Å²) >= 11 is 1.50. The normalized spacial score (nSPS) is 17.8. The van der Waals surface area contributed by atoms with Crippen LogP contribution in [0.25, 0.3) is 0 Å². The maximum Gasteiger partial charge on any atom is 0.446 e. The molecule has 0 atom stereocenters. The van der Waals surface area contributed by atoms with Gasteiger partial charge < -0.3 is 15.1 Å². The zero-order valence-corrected chi connectivity index (χ0v) is 20.7. The van der Waals surface area contributed by atoms with Crippen LogP contribution in [0.1, 0.15) is 31.7 Å². The third-order valence-corrected chi connectivity index (χ3v) is 7.75. The predicted molar refractivity (Wildman–Crippen MR) is 136 cm³/mol. The van der Waals surface area contributed by atoms with E-state index in [1.165, 1.54) is 12.1 Å². The number of piperidine rings is 1. The van der Waals surface area contributed by atoms with Crippen molar-refractivity contribution in [2.75, 3.05) is 56.0 Å². The number of thioether (sulfide) groups is 1. The first-order valence-electron chi connectivity index (χ1n) is 11.4. The van der Waals surface area contributed by atoms with Crippen LogP contribution in [0.3, 0.4) is 0 Å². The van der Waals surface area contributed by atoms with Gasteiger partial charge in [0.2, 0.25) is 11.0 Å². The van der Waals surface area contributed by atoms with Gasteiger partial charge in [-0.1, -0.05) is 18.8 Å². The second-order valence-electron chi connectivity index (χ2n) is 8.55. The Morgan fingerprint density at radius 3 is 2.31 bits per heavy atom. The van der Waals surface area contributed by atoms with Gasteiger partial charge in [0.25, 0.3) is 0 Å². The van der Waals surface area contributed by atoms with Gasteiger partial charge in [-0.05, 0) is 55.8 Å². The molecule has 0 aliphatic carbocycles. The second-order valence-corrected chi connectivity index (χ2v) is 10.9. The number of carbonyl (C=O) groups is 1. The molecular formula is C23H33F3N6OS2. The average molecular weight is 531 g/mol. The number of anilines is 2. The summed E-state index contributed by atoms with van der Waals surface area (Å²) in [7, 11) is 0. The molecule has 2 aromatic rings. The highest BCUT2D eigenvalue weighted by Gasteiger charge is 2.29. The number of hydrogen-bond donors (Lipinski definition) is 1. The minimum Gasteiger partial charge on any atom is -0.382 e. The third-order valence-electron chi connectivity index (χ3n) is 6.11. The molecule has 3 heterocycles. The number of benzene rings is 1. The van der Waals surface area contributed by atoms with Crippen molar-refractivity contribution in [3.05, 3.63) is 29.3 Å². The van der Waals surface area contributed by atoms with E-state index in [1.54, 1.807) is 23.5 Å². The van der Waals surface area contributed by atoms with Crippen LogP contribution in [0.15, 0.2) is 29.2 Å². The maximum absolute atomic E-state index is 12.7. The minimum absolute atomic E-state index is 0. The standard InChI is InChI=1S/C22H29F3N6OS2.CH4/c1-16-27-28-21(33-16)31-14-12-29(13-15-31)9-8-20(32)30-10-6-18(7-11-30)26-17-2-4-19(5-3-17)34-22(23,24)25;/h2-5,18,26H,6-15H2,1H3;1H4. The van der Waals surface area contributed by atoms with E-state index in [0.717, 1.165) is 61.4 Å². The molecule has 2 aliphatic rings. The van der Waals surface area contributed by atoms with Crippen LogP contribution >= 0.6 is 23.1 Å². The molecule has 1 aromatic heterocycles. The molecule has 1 aromatic carbocycles. The van der Waals surface area contributed by atoms with Crippen LogP contribution < -0.4 is 10.2 Å². The number of nitrogens with zero attached hydrogens (tertiary/aromatic N) is 5. The van der Waals surface area contributed by atoms with Gasteiger partial charge in [0.05, 0.1) is 0 Å². The number of carbonyl (C=O) groups excluding carboxylic acids is 1. The number of alkyl halides is 3. The van der Waals surface area contributed by atoms with Crippen LogP contribution in [0.5, 0.6) is 0 Å². The molecule has 0 unspecified atom stereocenters. The number of nitrogens with one attached hydrogen (secondary N) is 1. The monoisotopic (exact) mass is 530 g/mol. The van der Waals surface area contributed by atoms with E-state index in [1.807, 2.05) is 11.8 Å². The molecule has 0 bridgehead atoms. The molecule has 2 saturated heterocycles. The number of aryl methyl sites for hydroxylation is 1. The highest BCUT2D eigenvalue weighted by atomic mass is 32.2. The van der Waals surface area contributed by atoms with Crippen LogP contribution in [0.4, 0.5) is 24.0 Å². The van der Waals surface area contributed by atoms with Crippen molar-refractivity contribution in [3.8, 4) is 0 Å². The zero-order chi connectivity index (χ0) is 24.1. The lowest BCUT2D eigenvalue weighted by Gasteiger charge is -2.35. The Kier molecular flexibility index (Phi) is 9.65. The molecule has 4 rings (SSSR count). The molecule has 1 amide bonds. The van der Waals surface area contributed by atoms with E-state index in [-0.39, 0.29) is 36.0 Å². The molecule has 2 fully saturated rings. The molecule has 0 radical (unpaired) electrons. The second kappa shape index (κ2) is 12.3. The van der Waals surface area contributed by atoms with E-state index in [2.05, 4.69) is 25.3 Å². The van der Waals surface area contributed by atoms with Gasteiger partial charge in [-0.3, -0.25) is 9.69 Å². The lowest BCUT2D eigenvalue weighted by atomic mass is 10.0. The Bertz CT molecular complexity index is 939. The summed E-state index contributed by atoms with van der Waals surface area (Å²) < 4.78 is 37.4. The molecule has 0 saturated carbocycles. The van der Waals surface area contributed by atoms with E-state index in [9.17, 15) is 18.0 Å². The maximum atomic E-state index is 12.7. The van der Waals surface area contributed by atoms with Crippen LogP contribution in [-0.4, -0.2) is 83.3 Å². The number of piperazine rings is 1. The first kappa shape index (κ1) is 27.5. The minimum atomic E-state index is -4.28. The number of aromatic nitrogens is 2. The fourth-order valence-electron chi connectivity index (χ4n) is 4.25. The van der Waals surface area contributed by atoms with Gasteiger partial charge in [-0.15, -0.1) is 10.2 Å². The highest BCUT2D eigenvalue weighted by molar-refractivity contribution is 8.00. The Balaban J connectivity index is 0.00000342. The van der Waals surface area contributed by atoms with Crippen molar-refractivity contribution in [2.24, 2.45) is 0 Å². The lowest BCUT2D eigenvalue weighted by Crippen LogP contribution is -2.48. The molecule has 2 aliphatic heterocycles. The molecule has 7 nitrogen and oxygen atoms in total. The van der Waals surface area contributed by atoms with Crippen molar-refractivity contribution in [1.82, 2.24) is 20.0 Å². The molecule has 1 N–H and O–H groups in total. The average Bonchev–Trinajstić information content (AvgIpc) is 3.25. The lowest BCUT2D eigenvalue weighted by molar-refractivity contribution is -0.132. The van der Waals surface area contributed by atoms with E-state index in [4.69, 9.17) is 0 Å². The van der Waals surface area contributed by atoms with Crippen molar-refractivity contribution >= 4 is 39.8 Å². The topological polar surface area (TPSA) is 64.6 Å². The summed E-state index contributed by atoms with van der Waals surface area (Å²) in [4.78, 5) is 19.4. The summed E-state index contributed by atoms with van der Waals surface area (Å²) in [6.45, 7) is 7.75. The zero-order valence-electron chi connectivity index (χ0n) is 19.1. The van der Waals surface area contributed by atoms with Gasteiger partial charge >= 0.3 is 5.51 Å². The molecule has 0 spiro atoms. The fourth-order valence-corrected chi connectivity index (χ4v) is 5.53. The van der Waals surface area contributed by atoms with E-state index in [0.29, 0.717) is 19.5 Å². The third kappa shape index (κ3) is 8.25. The smallest absolute Gasteiger partial charge is 0.382 e. The molecule has 35 heavy (non-hydrogen) atoms. The van der Waals surface area contributed by atoms with Crippen molar-refractivity contribution in [1.29, 1.82) is 0 Å². The van der Waals surface area contributed by atoms with Crippen molar-refractivity contribution in [2.45, 2.75) is 50.1 Å². The number of halogens is 3. The van der Waals surface area contributed by atoms with Gasteiger partial charge in [0.15, 0.2) is 0 Å². The Hall–Kier alpha value is -2.05. The van der Waals surface area contributed by atoms with E-state index < -0.39 is 5.51 Å². The Morgan fingerprint density at radius 1 is 1.09 bits per heavy atom. The van der Waals surface area contributed by atoms with Gasteiger partial charge in [0, 0.05) is 68.9 Å². The number of amides is 1. The number of likely N-dealkylation sites (tertiary alicyclic amines) is 1. The molecular weight excluding hydrogens is 497 g/mol. The summed E-state index contributed by atoms with van der Waals surface area (Å²) in [5, 5.41) is 13.6. The molecule has 12 heteroatoms. The van der Waals surface area contributed by atoms with Crippen molar-refractivity contribution < 1.29 is 18.0 Å². The van der Waals surface area contributed by atoms with Gasteiger partial charge in [-0.2, -0.15) is 13.2 Å². The highest BCUT2D eigenvalue weighted by Crippen LogP contribution is 2.37. The quantitative estimate of drug-likeness (QED) is 0.520. The van der Waals surface area contributed by atoms with Gasteiger partial charge in [-0.25, -0.2) is 0 Å². The van der Waals surface area contributed by atoms with Crippen molar-refractivity contribution in [3.63, 3.8) is 0 Å². The summed E-state index contributed by atoms with van der Waals surface area (Å²) in [5.74, 6) is 0.189. The first-order chi connectivity index (χ1) is 16.2. The summed E-state index contributed by atoms with van der Waals surface area (Å²) in [6.07, 6.45) is 2.17. The number of hydrogen-bond acceptors (Lipinski definition) is 8. The van der Waals surface area contributed by atoms with Crippen LogP contribution in [0.2, 0.25) is 0 Å². The van der Waals surface area contributed by atoms with E-state index >= 15 is 0 Å². The Labute approximate surface area is 213 Å².